The van der Waals surface area contributed by atoms with Crippen LogP contribution in [0.5, 0.6) is 0 Å². The molecule has 0 radical (unpaired) electrons. The molecule has 2 heterocycles. The highest BCUT2D eigenvalue weighted by Crippen LogP contribution is 2.31. The first-order valence-corrected chi connectivity index (χ1v) is 14.9. The number of aryl methyl sites for hydroxylation is 1. The van der Waals surface area contributed by atoms with E-state index in [2.05, 4.69) is 39.1 Å². The maximum absolute atomic E-state index is 14.0. The fourth-order valence-electron chi connectivity index (χ4n) is 5.49. The highest BCUT2D eigenvalue weighted by atomic mass is 16.5. The molecule has 0 saturated carbocycles. The summed E-state index contributed by atoms with van der Waals surface area (Å²) >= 11 is 0. The minimum absolute atomic E-state index is 0.121. The van der Waals surface area contributed by atoms with Crippen LogP contribution >= 0.6 is 0 Å². The highest BCUT2D eigenvalue weighted by Gasteiger charge is 2.32. The van der Waals surface area contributed by atoms with Crippen molar-refractivity contribution in [1.82, 2.24) is 10.6 Å². The van der Waals surface area contributed by atoms with Gasteiger partial charge in [0.05, 0.1) is 24.9 Å². The number of β-amino-alcohol motifs (C(OH)–C–C–N with tert-alkyl or cyclic N) is 1. The Balaban J connectivity index is 1.32. The van der Waals surface area contributed by atoms with Gasteiger partial charge in [-0.05, 0) is 62.4 Å². The number of carbonyl (C=O) groups excluding carboxylic acids is 2. The Kier molecular flexibility index (Phi) is 9.43. The standard InChI is InChI=1S/C34H41N5O4/c1-23(40)21-36-34(2,3)20-31(41)37-29-17-16-26-8-4-7-11-30(26)39(32(29)42)22-24-12-14-25(15-13-24)27-9-5-6-10-28(27)38-33-35-18-19-43-33/h4-15,23,29,36,40H,16-22H2,1-3H3,(H,35,38)(H,37,41)/t23-,29-/m1/s1. The number of aliphatic hydroxyl groups is 1. The number of para-hydroxylation sites is 2. The van der Waals surface area contributed by atoms with Gasteiger partial charge in [-0.15, -0.1) is 0 Å². The van der Waals surface area contributed by atoms with Crippen molar-refractivity contribution in [1.29, 1.82) is 0 Å². The number of aliphatic imine (C=N–C) groups is 1. The molecule has 0 aromatic heterocycles. The molecule has 9 nitrogen and oxygen atoms in total. The van der Waals surface area contributed by atoms with Crippen LogP contribution in [0.3, 0.4) is 0 Å². The fraction of sp³-hybridized carbons (Fsp3) is 0.382. The van der Waals surface area contributed by atoms with Gasteiger partial charge in [0, 0.05) is 29.8 Å². The smallest absolute Gasteiger partial charge is 0.289 e. The summed E-state index contributed by atoms with van der Waals surface area (Å²) in [6.07, 6.45) is 0.885. The van der Waals surface area contributed by atoms with Gasteiger partial charge in [-0.2, -0.15) is 0 Å². The van der Waals surface area contributed by atoms with Gasteiger partial charge >= 0.3 is 0 Å². The number of anilines is 2. The van der Waals surface area contributed by atoms with Crippen LogP contribution in [0, 0.1) is 0 Å². The molecule has 3 aromatic carbocycles. The zero-order valence-corrected chi connectivity index (χ0v) is 25.1. The number of amides is 2. The average molecular weight is 584 g/mol. The number of benzene rings is 3. The Bertz CT molecular complexity index is 1470. The molecule has 4 N–H and O–H groups in total. The first-order chi connectivity index (χ1) is 20.7. The molecule has 226 valence electrons. The van der Waals surface area contributed by atoms with Crippen LogP contribution < -0.4 is 20.9 Å². The third kappa shape index (κ3) is 7.80. The molecule has 0 unspecified atom stereocenters. The second-order valence-electron chi connectivity index (χ2n) is 11.9. The van der Waals surface area contributed by atoms with Crippen LogP contribution in [0.1, 0.15) is 44.7 Å². The van der Waals surface area contributed by atoms with E-state index in [1.165, 1.54) is 0 Å². The summed E-state index contributed by atoms with van der Waals surface area (Å²) in [5, 5.41) is 19.1. The molecule has 0 bridgehead atoms. The molecular weight excluding hydrogens is 542 g/mol. The lowest BCUT2D eigenvalue weighted by atomic mass is 9.99. The van der Waals surface area contributed by atoms with Crippen molar-refractivity contribution in [3.05, 3.63) is 83.9 Å². The van der Waals surface area contributed by atoms with Crippen LogP contribution in [0.4, 0.5) is 11.4 Å². The number of hydrogen-bond acceptors (Lipinski definition) is 7. The number of fused-ring (bicyclic) bond motifs is 1. The van der Waals surface area contributed by atoms with E-state index in [1.807, 2.05) is 68.4 Å². The Morgan fingerprint density at radius 2 is 1.84 bits per heavy atom. The van der Waals surface area contributed by atoms with Crippen LogP contribution in [-0.4, -0.2) is 60.3 Å². The summed E-state index contributed by atoms with van der Waals surface area (Å²) < 4.78 is 5.54. The Labute approximate surface area is 253 Å². The lowest BCUT2D eigenvalue weighted by Crippen LogP contribution is -2.51. The molecule has 43 heavy (non-hydrogen) atoms. The van der Waals surface area contributed by atoms with Gasteiger partial charge in [-0.25, -0.2) is 4.99 Å². The SMILES string of the molecule is C[C@@H](O)CNC(C)(C)CC(=O)N[C@@H]1CCc2ccccc2N(Cc2ccc(-c3ccccc3NC3=NCCO3)cc2)C1=O. The van der Waals surface area contributed by atoms with Crippen molar-refractivity contribution in [2.75, 3.05) is 29.9 Å². The van der Waals surface area contributed by atoms with E-state index in [1.54, 1.807) is 11.8 Å². The molecule has 2 atom stereocenters. The minimum atomic E-state index is -0.634. The number of rotatable bonds is 10. The Hall–Kier alpha value is -4.21. The van der Waals surface area contributed by atoms with E-state index in [0.717, 1.165) is 33.6 Å². The Morgan fingerprint density at radius 3 is 2.58 bits per heavy atom. The largest absolute Gasteiger partial charge is 0.463 e. The van der Waals surface area contributed by atoms with E-state index in [4.69, 9.17) is 4.74 Å². The zero-order valence-electron chi connectivity index (χ0n) is 25.1. The number of nitrogens with one attached hydrogen (secondary N) is 3. The number of ether oxygens (including phenoxy) is 1. The first kappa shape index (κ1) is 30.3. The van der Waals surface area contributed by atoms with Crippen molar-refractivity contribution >= 4 is 29.2 Å². The summed E-state index contributed by atoms with van der Waals surface area (Å²) in [5.74, 6) is -0.318. The van der Waals surface area contributed by atoms with E-state index in [0.29, 0.717) is 45.1 Å². The van der Waals surface area contributed by atoms with E-state index < -0.39 is 17.7 Å². The van der Waals surface area contributed by atoms with E-state index >= 15 is 0 Å². The zero-order chi connectivity index (χ0) is 30.4. The van der Waals surface area contributed by atoms with Crippen molar-refractivity contribution in [3.8, 4) is 11.1 Å². The van der Waals surface area contributed by atoms with Crippen molar-refractivity contribution < 1.29 is 19.4 Å². The van der Waals surface area contributed by atoms with Crippen molar-refractivity contribution in [3.63, 3.8) is 0 Å². The second kappa shape index (κ2) is 13.4. The summed E-state index contributed by atoms with van der Waals surface area (Å²) in [6.45, 7) is 7.54. The molecule has 0 saturated heterocycles. The summed E-state index contributed by atoms with van der Waals surface area (Å²) in [5.41, 5.74) is 5.39. The summed E-state index contributed by atoms with van der Waals surface area (Å²) in [7, 11) is 0. The maximum Gasteiger partial charge on any atom is 0.289 e. The lowest BCUT2D eigenvalue weighted by molar-refractivity contribution is -0.128. The van der Waals surface area contributed by atoms with Gasteiger partial charge in [0.1, 0.15) is 12.6 Å². The lowest BCUT2D eigenvalue weighted by Gasteiger charge is -2.29. The minimum Gasteiger partial charge on any atom is -0.463 e. The van der Waals surface area contributed by atoms with Gasteiger partial charge < -0.3 is 30.7 Å². The van der Waals surface area contributed by atoms with Gasteiger partial charge in [0.15, 0.2) is 0 Å². The van der Waals surface area contributed by atoms with Crippen molar-refractivity contribution in [2.45, 2.75) is 64.3 Å². The predicted molar refractivity (Wildman–Crippen MR) is 170 cm³/mol. The molecule has 0 aliphatic carbocycles. The van der Waals surface area contributed by atoms with Gasteiger partial charge in [-0.3, -0.25) is 9.59 Å². The van der Waals surface area contributed by atoms with Gasteiger partial charge in [-0.1, -0.05) is 60.7 Å². The quantitative estimate of drug-likeness (QED) is 0.284. The van der Waals surface area contributed by atoms with Gasteiger partial charge in [0.2, 0.25) is 11.8 Å². The molecular formula is C34H41N5O4. The maximum atomic E-state index is 14.0. The molecule has 3 aromatic rings. The van der Waals surface area contributed by atoms with Gasteiger partial charge in [0.25, 0.3) is 6.02 Å². The fourth-order valence-corrected chi connectivity index (χ4v) is 5.49. The predicted octanol–water partition coefficient (Wildman–Crippen LogP) is 4.26. The summed E-state index contributed by atoms with van der Waals surface area (Å²) in [4.78, 5) is 33.2. The van der Waals surface area contributed by atoms with Crippen LogP contribution in [0.2, 0.25) is 0 Å². The number of nitrogens with zero attached hydrogens (tertiary/aromatic N) is 2. The molecule has 2 amide bonds. The van der Waals surface area contributed by atoms with Crippen molar-refractivity contribution in [2.24, 2.45) is 4.99 Å². The highest BCUT2D eigenvalue weighted by molar-refractivity contribution is 6.00. The molecule has 0 fully saturated rings. The van der Waals surface area contributed by atoms with E-state index in [-0.39, 0.29) is 18.2 Å². The number of amidine groups is 1. The third-order valence-corrected chi connectivity index (χ3v) is 7.72. The first-order valence-electron chi connectivity index (χ1n) is 14.9. The van der Waals surface area contributed by atoms with E-state index in [9.17, 15) is 14.7 Å². The molecule has 2 aliphatic heterocycles. The topological polar surface area (TPSA) is 115 Å². The number of aliphatic hydroxyl groups excluding tert-OH is 1. The molecule has 2 aliphatic rings. The Morgan fingerprint density at radius 1 is 1.09 bits per heavy atom. The third-order valence-electron chi connectivity index (χ3n) is 7.72. The van der Waals surface area contributed by atoms with Crippen LogP contribution in [-0.2, 0) is 27.3 Å². The van der Waals surface area contributed by atoms with Crippen LogP contribution in [0.15, 0.2) is 77.8 Å². The summed E-state index contributed by atoms with van der Waals surface area (Å²) in [6, 6.07) is 24.1. The normalized spacial score (nSPS) is 17.4. The number of carbonyl (C=O) groups is 2. The van der Waals surface area contributed by atoms with Crippen LogP contribution in [0.25, 0.3) is 11.1 Å². The monoisotopic (exact) mass is 583 g/mol. The second-order valence-corrected chi connectivity index (χ2v) is 11.9. The number of hydrogen-bond donors (Lipinski definition) is 4. The molecule has 0 spiro atoms. The average Bonchev–Trinajstić information content (AvgIpc) is 3.46. The molecule has 5 rings (SSSR count). The molecule has 9 heteroatoms.